The van der Waals surface area contributed by atoms with Gasteiger partial charge in [-0.25, -0.2) is 4.98 Å². The normalized spacial score (nSPS) is 22.8. The molecule has 2 fully saturated rings. The molecular weight excluding hydrogens is 383 g/mol. The average molecular weight is 418 g/mol. The molecule has 0 atom stereocenters. The number of esters is 1. The van der Waals surface area contributed by atoms with Crippen molar-refractivity contribution in [2.45, 2.75) is 90.1 Å². The number of pyridine rings is 1. The Kier molecular flexibility index (Phi) is 5.99. The highest BCUT2D eigenvalue weighted by Crippen LogP contribution is 2.36. The van der Waals surface area contributed by atoms with E-state index in [1.807, 2.05) is 60.6 Å². The summed E-state index contributed by atoms with van der Waals surface area (Å²) >= 11 is 0. The quantitative estimate of drug-likeness (QED) is 0.594. The van der Waals surface area contributed by atoms with Gasteiger partial charge < -0.3 is 24.1 Å². The van der Waals surface area contributed by atoms with Gasteiger partial charge in [-0.3, -0.25) is 4.79 Å². The van der Waals surface area contributed by atoms with E-state index in [1.54, 1.807) is 6.20 Å². The number of carbonyl (C=O) groups excluding carboxylic acids is 1. The van der Waals surface area contributed by atoms with E-state index < -0.39 is 18.3 Å². The number of aliphatic hydroxyl groups is 1. The van der Waals surface area contributed by atoms with Gasteiger partial charge in [0, 0.05) is 24.7 Å². The van der Waals surface area contributed by atoms with Gasteiger partial charge in [0.25, 0.3) is 0 Å². The molecule has 0 amide bonds. The zero-order valence-corrected chi connectivity index (χ0v) is 19.3. The standard InChI is InChI=1S/C22H35BN2O5/c1-19(2,3)28-18(26)14-22(27)10-12-25(13-11-22)17-9-8-16(15-24-17)23-29-20(4,5)21(6,7)30-23/h8-9,15,27H,10-14H2,1-7H3. The van der Waals surface area contributed by atoms with Crippen LogP contribution < -0.4 is 10.4 Å². The third-order valence-corrected chi connectivity index (χ3v) is 6.21. The average Bonchev–Trinajstić information content (AvgIpc) is 2.81. The van der Waals surface area contributed by atoms with Gasteiger partial charge in [0.05, 0.1) is 23.2 Å². The van der Waals surface area contributed by atoms with Crippen LogP contribution in [0.5, 0.6) is 0 Å². The lowest BCUT2D eigenvalue weighted by molar-refractivity contribution is -0.161. The van der Waals surface area contributed by atoms with Crippen LogP contribution in [-0.2, 0) is 18.8 Å². The fraction of sp³-hybridized carbons (Fsp3) is 0.727. The number of nitrogens with zero attached hydrogens (tertiary/aromatic N) is 2. The van der Waals surface area contributed by atoms with E-state index in [-0.39, 0.29) is 23.6 Å². The number of piperidine rings is 1. The number of carbonyl (C=O) groups is 1. The van der Waals surface area contributed by atoms with E-state index >= 15 is 0 Å². The molecule has 0 spiro atoms. The lowest BCUT2D eigenvalue weighted by Crippen LogP contribution is -2.46. The second-order valence-corrected chi connectivity index (χ2v) is 10.5. The smallest absolute Gasteiger partial charge is 0.460 e. The molecule has 0 aliphatic carbocycles. The minimum Gasteiger partial charge on any atom is -0.460 e. The van der Waals surface area contributed by atoms with Crippen molar-refractivity contribution in [1.82, 2.24) is 4.98 Å². The van der Waals surface area contributed by atoms with E-state index in [1.165, 1.54) is 0 Å². The van der Waals surface area contributed by atoms with Crippen molar-refractivity contribution in [2.24, 2.45) is 0 Å². The van der Waals surface area contributed by atoms with Gasteiger partial charge in [0.15, 0.2) is 0 Å². The van der Waals surface area contributed by atoms with Gasteiger partial charge in [-0.1, -0.05) is 6.07 Å². The molecule has 30 heavy (non-hydrogen) atoms. The Morgan fingerprint density at radius 2 is 1.73 bits per heavy atom. The highest BCUT2D eigenvalue weighted by atomic mass is 16.7. The Hall–Kier alpha value is -1.64. The lowest BCUT2D eigenvalue weighted by atomic mass is 9.80. The predicted molar refractivity (Wildman–Crippen MR) is 117 cm³/mol. The summed E-state index contributed by atoms with van der Waals surface area (Å²) in [7, 11) is -0.433. The SMILES string of the molecule is CC(C)(C)OC(=O)CC1(O)CCN(c2ccc(B3OC(C)(C)C(C)(C)O3)cn2)CC1. The number of ether oxygens (including phenoxy) is 1. The maximum absolute atomic E-state index is 12.1. The van der Waals surface area contributed by atoms with Gasteiger partial charge in [-0.05, 0) is 67.4 Å². The van der Waals surface area contributed by atoms with Crippen molar-refractivity contribution in [3.8, 4) is 0 Å². The van der Waals surface area contributed by atoms with Gasteiger partial charge in [0.1, 0.15) is 11.4 Å². The Morgan fingerprint density at radius 1 is 1.17 bits per heavy atom. The molecule has 0 saturated carbocycles. The number of rotatable bonds is 4. The summed E-state index contributed by atoms with van der Waals surface area (Å²) in [5, 5.41) is 10.8. The van der Waals surface area contributed by atoms with Gasteiger partial charge in [0.2, 0.25) is 0 Å². The van der Waals surface area contributed by atoms with Crippen molar-refractivity contribution in [2.75, 3.05) is 18.0 Å². The largest absolute Gasteiger partial charge is 0.496 e. The Morgan fingerprint density at radius 3 is 2.20 bits per heavy atom. The molecule has 3 rings (SSSR count). The Bertz CT molecular complexity index is 749. The Balaban J connectivity index is 1.57. The van der Waals surface area contributed by atoms with Crippen LogP contribution in [0.3, 0.4) is 0 Å². The van der Waals surface area contributed by atoms with Crippen molar-refractivity contribution >= 4 is 24.4 Å². The number of hydrogen-bond donors (Lipinski definition) is 1. The molecule has 0 unspecified atom stereocenters. The maximum Gasteiger partial charge on any atom is 0.496 e. The first kappa shape index (κ1) is 23.0. The summed E-state index contributed by atoms with van der Waals surface area (Å²) in [5.41, 5.74) is -1.46. The molecule has 166 valence electrons. The fourth-order valence-electron chi connectivity index (χ4n) is 3.68. The molecule has 0 bridgehead atoms. The van der Waals surface area contributed by atoms with Crippen LogP contribution in [0.1, 0.15) is 67.7 Å². The summed E-state index contributed by atoms with van der Waals surface area (Å²) in [4.78, 5) is 18.8. The molecule has 1 aromatic heterocycles. The zero-order chi connectivity index (χ0) is 22.4. The van der Waals surface area contributed by atoms with Crippen molar-refractivity contribution in [3.05, 3.63) is 18.3 Å². The number of hydrogen-bond acceptors (Lipinski definition) is 7. The highest BCUT2D eigenvalue weighted by molar-refractivity contribution is 6.62. The van der Waals surface area contributed by atoms with Crippen molar-refractivity contribution in [1.29, 1.82) is 0 Å². The molecule has 3 heterocycles. The predicted octanol–water partition coefficient (Wildman–Crippen LogP) is 2.44. The molecule has 8 heteroatoms. The van der Waals surface area contributed by atoms with Crippen molar-refractivity contribution in [3.63, 3.8) is 0 Å². The summed E-state index contributed by atoms with van der Waals surface area (Å²) in [6, 6.07) is 3.94. The molecule has 1 aromatic rings. The molecule has 1 N–H and O–H groups in total. The summed E-state index contributed by atoms with van der Waals surface area (Å²) in [6.45, 7) is 14.9. The third kappa shape index (κ3) is 5.15. The highest BCUT2D eigenvalue weighted by Gasteiger charge is 2.51. The molecule has 0 aromatic carbocycles. The third-order valence-electron chi connectivity index (χ3n) is 6.21. The monoisotopic (exact) mass is 418 g/mol. The summed E-state index contributed by atoms with van der Waals surface area (Å²) in [5.74, 6) is 0.484. The second kappa shape index (κ2) is 7.81. The van der Waals surface area contributed by atoms with Crippen molar-refractivity contribution < 1.29 is 23.9 Å². The summed E-state index contributed by atoms with van der Waals surface area (Å²) < 4.78 is 17.5. The van der Waals surface area contributed by atoms with E-state index in [0.717, 1.165) is 11.3 Å². The van der Waals surface area contributed by atoms with Crippen LogP contribution in [0.4, 0.5) is 5.82 Å². The number of aromatic nitrogens is 1. The summed E-state index contributed by atoms with van der Waals surface area (Å²) in [6.07, 6.45) is 2.80. The fourth-order valence-corrected chi connectivity index (χ4v) is 3.68. The second-order valence-electron chi connectivity index (χ2n) is 10.5. The van der Waals surface area contributed by atoms with Gasteiger partial charge in [-0.2, -0.15) is 0 Å². The topological polar surface area (TPSA) is 81.1 Å². The molecule has 2 aliphatic heterocycles. The molecule has 0 radical (unpaired) electrons. The van der Waals surface area contributed by atoms with Gasteiger partial charge >= 0.3 is 13.1 Å². The lowest BCUT2D eigenvalue weighted by Gasteiger charge is -2.38. The van der Waals surface area contributed by atoms with E-state index in [2.05, 4.69) is 9.88 Å². The van der Waals surface area contributed by atoms with Crippen LogP contribution in [0.25, 0.3) is 0 Å². The van der Waals surface area contributed by atoms with Crippen LogP contribution in [0, 0.1) is 0 Å². The van der Waals surface area contributed by atoms with Crippen LogP contribution >= 0.6 is 0 Å². The molecular formula is C22H35BN2O5. The zero-order valence-electron chi connectivity index (χ0n) is 19.3. The minimum atomic E-state index is -1.03. The number of anilines is 1. The Labute approximate surface area is 180 Å². The van der Waals surface area contributed by atoms with E-state index in [4.69, 9.17) is 14.0 Å². The van der Waals surface area contributed by atoms with Gasteiger partial charge in [-0.15, -0.1) is 0 Å². The molecule has 7 nitrogen and oxygen atoms in total. The first-order valence-electron chi connectivity index (χ1n) is 10.7. The first-order valence-corrected chi connectivity index (χ1v) is 10.7. The van der Waals surface area contributed by atoms with Crippen LogP contribution in [0.2, 0.25) is 0 Å². The molecule has 2 saturated heterocycles. The minimum absolute atomic E-state index is 0.0202. The van der Waals surface area contributed by atoms with E-state index in [0.29, 0.717) is 25.9 Å². The maximum atomic E-state index is 12.1. The van der Waals surface area contributed by atoms with Crippen LogP contribution in [-0.4, -0.2) is 58.7 Å². The first-order chi connectivity index (χ1) is 13.7. The molecule has 2 aliphatic rings. The van der Waals surface area contributed by atoms with Crippen LogP contribution in [0.15, 0.2) is 18.3 Å². The van der Waals surface area contributed by atoms with E-state index in [9.17, 15) is 9.90 Å².